The highest BCUT2D eigenvalue weighted by Crippen LogP contribution is 2.25. The molecule has 2 atom stereocenters. The third-order valence-corrected chi connectivity index (χ3v) is 5.17. The monoisotopic (exact) mass is 306 g/mol. The van der Waals surface area contributed by atoms with E-state index in [0.717, 1.165) is 0 Å². The molecule has 0 aromatic rings. The maximum absolute atomic E-state index is 11.6. The molecule has 0 aliphatic carbocycles. The number of hydrogen-bond donors (Lipinski definition) is 3. The Morgan fingerprint density at radius 2 is 1.80 bits per heavy atom. The van der Waals surface area contributed by atoms with Crippen molar-refractivity contribution in [1.29, 1.82) is 0 Å². The lowest BCUT2D eigenvalue weighted by Gasteiger charge is -2.26. The lowest BCUT2D eigenvalue weighted by atomic mass is 9.82. The van der Waals surface area contributed by atoms with Crippen LogP contribution in [0, 0.1) is 5.41 Å². The highest BCUT2D eigenvalue weighted by molar-refractivity contribution is 7.84. The molecular weight excluding hydrogens is 280 g/mol. The second-order valence-corrected chi connectivity index (χ2v) is 6.80. The van der Waals surface area contributed by atoms with Gasteiger partial charge in [-0.25, -0.2) is 4.79 Å². The van der Waals surface area contributed by atoms with Crippen molar-refractivity contribution in [2.24, 2.45) is 5.41 Å². The van der Waals surface area contributed by atoms with E-state index in [9.17, 15) is 18.9 Å². The minimum absolute atomic E-state index is 0.0275. The van der Waals surface area contributed by atoms with Gasteiger partial charge in [0.25, 0.3) is 0 Å². The van der Waals surface area contributed by atoms with Gasteiger partial charge < -0.3 is 15.7 Å². The highest BCUT2D eigenvalue weighted by Gasteiger charge is 2.35. The number of carboxylic acids is 1. The first-order valence-corrected chi connectivity index (χ1v) is 8.48. The van der Waals surface area contributed by atoms with Gasteiger partial charge in [0.1, 0.15) is 0 Å². The van der Waals surface area contributed by atoms with Crippen LogP contribution in [0.3, 0.4) is 0 Å². The number of urea groups is 1. The molecule has 0 bridgehead atoms. The summed E-state index contributed by atoms with van der Waals surface area (Å²) in [5, 5.41) is 14.5. The molecule has 118 valence electrons. The molecule has 0 rings (SSSR count). The molecule has 0 aliphatic heterocycles. The Morgan fingerprint density at radius 1 is 1.25 bits per heavy atom. The van der Waals surface area contributed by atoms with Gasteiger partial charge >= 0.3 is 12.0 Å². The van der Waals surface area contributed by atoms with Crippen molar-refractivity contribution >= 4 is 22.8 Å². The van der Waals surface area contributed by atoms with Gasteiger partial charge in [-0.05, 0) is 19.3 Å². The minimum Gasteiger partial charge on any atom is -0.481 e. The van der Waals surface area contributed by atoms with Gasteiger partial charge in [0.2, 0.25) is 0 Å². The molecule has 0 saturated heterocycles. The number of nitrogens with one attached hydrogen (secondary N) is 2. The average Bonchev–Trinajstić information content (AvgIpc) is 2.39. The molecule has 0 aromatic carbocycles. The second-order valence-electron chi connectivity index (χ2n) is 5.00. The summed E-state index contributed by atoms with van der Waals surface area (Å²) >= 11 is 0. The van der Waals surface area contributed by atoms with Crippen LogP contribution in [-0.4, -0.2) is 45.9 Å². The first-order valence-electron chi connectivity index (χ1n) is 6.86. The normalized spacial score (nSPS) is 14.4. The predicted molar refractivity (Wildman–Crippen MR) is 80.2 cm³/mol. The van der Waals surface area contributed by atoms with Crippen LogP contribution in [0.5, 0.6) is 0 Å². The summed E-state index contributed by atoms with van der Waals surface area (Å²) < 4.78 is 11.1. The van der Waals surface area contributed by atoms with Gasteiger partial charge in [-0.2, -0.15) is 0 Å². The van der Waals surface area contributed by atoms with Gasteiger partial charge in [0.15, 0.2) is 0 Å². The number of carbonyl (C=O) groups is 2. The fraction of sp³-hybridized carbons (Fsp3) is 0.846. The van der Waals surface area contributed by atoms with Gasteiger partial charge in [-0.3, -0.25) is 9.00 Å². The first-order chi connectivity index (χ1) is 9.29. The average molecular weight is 306 g/mol. The summed E-state index contributed by atoms with van der Waals surface area (Å²) in [5.74, 6) is -0.891. The summed E-state index contributed by atoms with van der Waals surface area (Å²) in [6.07, 6.45) is 3.19. The van der Waals surface area contributed by atoms with E-state index in [1.54, 1.807) is 20.1 Å². The number of rotatable bonds is 9. The molecule has 7 heteroatoms. The molecule has 20 heavy (non-hydrogen) atoms. The fourth-order valence-corrected chi connectivity index (χ4v) is 2.19. The summed E-state index contributed by atoms with van der Waals surface area (Å²) in [5.41, 5.74) is -0.907. The van der Waals surface area contributed by atoms with Gasteiger partial charge in [-0.15, -0.1) is 0 Å². The van der Waals surface area contributed by atoms with E-state index in [4.69, 9.17) is 0 Å². The molecule has 3 N–H and O–H groups in total. The van der Waals surface area contributed by atoms with Crippen molar-refractivity contribution in [3.8, 4) is 0 Å². The third kappa shape index (κ3) is 5.90. The van der Waals surface area contributed by atoms with Crippen LogP contribution in [0.4, 0.5) is 4.79 Å². The van der Waals surface area contributed by atoms with E-state index in [1.165, 1.54) is 0 Å². The number of aliphatic carboxylic acids is 1. The summed E-state index contributed by atoms with van der Waals surface area (Å²) in [6, 6.07) is -0.383. The zero-order valence-corrected chi connectivity index (χ0v) is 13.5. The lowest BCUT2D eigenvalue weighted by molar-refractivity contribution is -0.149. The first kappa shape index (κ1) is 18.9. The number of amides is 2. The zero-order valence-electron chi connectivity index (χ0n) is 12.7. The molecular formula is C13H26N2O4S. The molecule has 0 saturated carbocycles. The topological polar surface area (TPSA) is 95.5 Å². The van der Waals surface area contributed by atoms with E-state index in [2.05, 4.69) is 10.6 Å². The van der Waals surface area contributed by atoms with E-state index < -0.39 is 22.2 Å². The molecule has 6 nitrogen and oxygen atoms in total. The summed E-state index contributed by atoms with van der Waals surface area (Å²) in [4.78, 5) is 22.9. The van der Waals surface area contributed by atoms with Crippen molar-refractivity contribution in [1.82, 2.24) is 10.6 Å². The van der Waals surface area contributed by atoms with Crippen molar-refractivity contribution in [3.05, 3.63) is 0 Å². The van der Waals surface area contributed by atoms with Crippen LogP contribution in [0.25, 0.3) is 0 Å². The minimum atomic E-state index is -0.907. The van der Waals surface area contributed by atoms with Crippen LogP contribution in [0.1, 0.15) is 40.0 Å². The summed E-state index contributed by atoms with van der Waals surface area (Å²) in [6.45, 7) is 5.99. The molecule has 2 unspecified atom stereocenters. The molecule has 0 aromatic heterocycles. The largest absolute Gasteiger partial charge is 0.481 e. The maximum atomic E-state index is 11.6. The quantitative estimate of drug-likeness (QED) is 0.599. The number of hydrogen-bond acceptors (Lipinski definition) is 3. The van der Waals surface area contributed by atoms with Crippen molar-refractivity contribution in [2.75, 3.05) is 19.3 Å². The van der Waals surface area contributed by atoms with Crippen LogP contribution in [0.2, 0.25) is 0 Å². The molecule has 0 spiro atoms. The standard InChI is InChI=1S/C13H26N2O4S/c1-5-13(6-2,11(16)17)9-15-12(18)14-8-7-10(3)20(4)19/h10H,5-9H2,1-4H3,(H,16,17)(H2,14,15,18). The van der Waals surface area contributed by atoms with Crippen molar-refractivity contribution < 1.29 is 18.9 Å². The molecule has 0 heterocycles. The summed E-state index contributed by atoms with van der Waals surface area (Å²) in [7, 11) is -0.901. The second kappa shape index (κ2) is 8.94. The Kier molecular flexibility index (Phi) is 8.45. The molecule has 0 fully saturated rings. The van der Waals surface area contributed by atoms with Crippen LogP contribution in [0.15, 0.2) is 0 Å². The Balaban J connectivity index is 4.15. The van der Waals surface area contributed by atoms with Crippen molar-refractivity contribution in [2.45, 2.75) is 45.3 Å². The Morgan fingerprint density at radius 3 is 2.20 bits per heavy atom. The van der Waals surface area contributed by atoms with Crippen LogP contribution >= 0.6 is 0 Å². The van der Waals surface area contributed by atoms with Gasteiger partial charge in [0.05, 0.1) is 5.41 Å². The zero-order chi connectivity index (χ0) is 15.8. The van der Waals surface area contributed by atoms with Gasteiger partial charge in [-0.1, -0.05) is 20.8 Å². The highest BCUT2D eigenvalue weighted by atomic mass is 32.2. The van der Waals surface area contributed by atoms with Crippen LogP contribution < -0.4 is 10.6 Å². The molecule has 0 radical (unpaired) electrons. The van der Waals surface area contributed by atoms with E-state index in [1.807, 2.05) is 6.92 Å². The molecule has 2 amide bonds. The SMILES string of the molecule is CCC(CC)(CNC(=O)NCCC(C)S(C)=O)C(=O)O. The van der Waals surface area contributed by atoms with Crippen molar-refractivity contribution in [3.63, 3.8) is 0 Å². The van der Waals surface area contributed by atoms with E-state index in [0.29, 0.717) is 25.8 Å². The predicted octanol–water partition coefficient (Wildman–Crippen LogP) is 1.33. The third-order valence-electron chi connectivity index (χ3n) is 3.80. The number of carboxylic acid groups (broad SMARTS) is 1. The molecule has 0 aliphatic rings. The Hall–Kier alpha value is -1.11. The fourth-order valence-electron chi connectivity index (χ4n) is 1.74. The van der Waals surface area contributed by atoms with Gasteiger partial charge in [0, 0.05) is 35.4 Å². The van der Waals surface area contributed by atoms with E-state index >= 15 is 0 Å². The Labute approximate surface area is 123 Å². The van der Waals surface area contributed by atoms with Crippen LogP contribution in [-0.2, 0) is 15.6 Å². The van der Waals surface area contributed by atoms with E-state index in [-0.39, 0.29) is 17.8 Å². The lowest BCUT2D eigenvalue weighted by Crippen LogP contribution is -2.46. The Bertz CT molecular complexity index is 356. The smallest absolute Gasteiger partial charge is 0.314 e. The maximum Gasteiger partial charge on any atom is 0.314 e. The number of carbonyl (C=O) groups excluding carboxylic acids is 1.